The van der Waals surface area contributed by atoms with E-state index in [1.54, 1.807) is 0 Å². The number of hydrogen-bond donors (Lipinski definition) is 2. The summed E-state index contributed by atoms with van der Waals surface area (Å²) >= 11 is 0. The Balaban J connectivity index is 2.02. The van der Waals surface area contributed by atoms with Crippen molar-refractivity contribution < 1.29 is 4.79 Å². The molecule has 1 aliphatic rings. The Labute approximate surface area is 108 Å². The van der Waals surface area contributed by atoms with Crippen LogP contribution in [0.15, 0.2) is 24.3 Å². The number of anilines is 1. The number of hydrogen-bond acceptors (Lipinski definition) is 2. The van der Waals surface area contributed by atoms with Crippen LogP contribution < -0.4 is 11.1 Å². The molecule has 0 spiro atoms. The molecule has 1 atom stereocenters. The van der Waals surface area contributed by atoms with E-state index in [0.717, 1.165) is 37.1 Å². The first-order valence-electron chi connectivity index (χ1n) is 6.55. The minimum Gasteiger partial charge on any atom is -0.328 e. The van der Waals surface area contributed by atoms with Gasteiger partial charge in [0.05, 0.1) is 0 Å². The van der Waals surface area contributed by atoms with Crippen molar-refractivity contribution in [3.8, 4) is 0 Å². The molecule has 4 nitrogen and oxygen atoms in total. The summed E-state index contributed by atoms with van der Waals surface area (Å²) in [5.41, 5.74) is 7.72. The zero-order chi connectivity index (χ0) is 13.0. The molecule has 1 aliphatic heterocycles. The molecule has 2 amide bonds. The molecule has 3 N–H and O–H groups in total. The van der Waals surface area contributed by atoms with Crippen LogP contribution in [0.3, 0.4) is 0 Å². The molecule has 0 saturated carbocycles. The van der Waals surface area contributed by atoms with Gasteiger partial charge >= 0.3 is 6.03 Å². The van der Waals surface area contributed by atoms with E-state index in [2.05, 4.69) is 5.32 Å². The number of carbonyl (C=O) groups is 1. The van der Waals surface area contributed by atoms with Crippen molar-refractivity contribution in [2.75, 3.05) is 18.4 Å². The molecule has 0 aromatic heterocycles. The number of nitrogens with zero attached hydrogens (tertiary/aromatic N) is 1. The standard InChI is InChI=1S/C14H21N3O/c1-11-5-4-6-12(9-11)16-14(18)17-8-3-2-7-13(17)10-15/h4-6,9,13H,2-3,7-8,10,15H2,1H3,(H,16,18). The van der Waals surface area contributed by atoms with Gasteiger partial charge in [0.2, 0.25) is 0 Å². The van der Waals surface area contributed by atoms with Crippen LogP contribution in [0.1, 0.15) is 24.8 Å². The number of nitrogens with two attached hydrogens (primary N) is 1. The maximum Gasteiger partial charge on any atom is 0.322 e. The number of carbonyl (C=O) groups excluding carboxylic acids is 1. The van der Waals surface area contributed by atoms with E-state index in [4.69, 9.17) is 5.73 Å². The van der Waals surface area contributed by atoms with E-state index in [0.29, 0.717) is 6.54 Å². The highest BCUT2D eigenvalue weighted by molar-refractivity contribution is 5.89. The van der Waals surface area contributed by atoms with Crippen LogP contribution in [0.25, 0.3) is 0 Å². The lowest BCUT2D eigenvalue weighted by Crippen LogP contribution is -2.49. The first-order valence-corrected chi connectivity index (χ1v) is 6.55. The summed E-state index contributed by atoms with van der Waals surface area (Å²) in [4.78, 5) is 14.1. The van der Waals surface area contributed by atoms with Gasteiger partial charge in [-0.15, -0.1) is 0 Å². The molecule has 18 heavy (non-hydrogen) atoms. The van der Waals surface area contributed by atoms with Crippen molar-refractivity contribution in [3.05, 3.63) is 29.8 Å². The number of nitrogens with one attached hydrogen (secondary N) is 1. The fourth-order valence-corrected chi connectivity index (χ4v) is 2.43. The van der Waals surface area contributed by atoms with Crippen LogP contribution in [-0.2, 0) is 0 Å². The number of aryl methyl sites for hydroxylation is 1. The van der Waals surface area contributed by atoms with E-state index in [9.17, 15) is 4.79 Å². The van der Waals surface area contributed by atoms with E-state index >= 15 is 0 Å². The number of amides is 2. The number of piperidine rings is 1. The smallest absolute Gasteiger partial charge is 0.322 e. The number of rotatable bonds is 2. The van der Waals surface area contributed by atoms with Crippen LogP contribution >= 0.6 is 0 Å². The van der Waals surface area contributed by atoms with Gasteiger partial charge < -0.3 is 16.0 Å². The molecule has 1 aromatic rings. The second kappa shape index (κ2) is 5.87. The fourth-order valence-electron chi connectivity index (χ4n) is 2.43. The minimum absolute atomic E-state index is 0.0317. The van der Waals surface area contributed by atoms with Crippen LogP contribution in [0.4, 0.5) is 10.5 Å². The topological polar surface area (TPSA) is 58.4 Å². The van der Waals surface area contributed by atoms with Gasteiger partial charge in [-0.1, -0.05) is 12.1 Å². The summed E-state index contributed by atoms with van der Waals surface area (Å²) in [7, 11) is 0. The summed E-state index contributed by atoms with van der Waals surface area (Å²) < 4.78 is 0. The highest BCUT2D eigenvalue weighted by Gasteiger charge is 2.25. The van der Waals surface area contributed by atoms with Crippen LogP contribution in [0.5, 0.6) is 0 Å². The first-order chi connectivity index (χ1) is 8.70. The Morgan fingerprint density at radius 1 is 1.50 bits per heavy atom. The molecule has 1 fully saturated rings. The van der Waals surface area contributed by atoms with Gasteiger partial charge in [-0.3, -0.25) is 0 Å². The van der Waals surface area contributed by atoms with Crippen molar-refractivity contribution >= 4 is 11.7 Å². The van der Waals surface area contributed by atoms with Crippen molar-refractivity contribution in [2.24, 2.45) is 5.73 Å². The fraction of sp³-hybridized carbons (Fsp3) is 0.500. The Kier molecular flexibility index (Phi) is 4.20. The largest absolute Gasteiger partial charge is 0.328 e. The molecule has 0 bridgehead atoms. The summed E-state index contributed by atoms with van der Waals surface area (Å²) in [5.74, 6) is 0. The molecule has 0 aliphatic carbocycles. The zero-order valence-electron chi connectivity index (χ0n) is 10.9. The molecule has 1 unspecified atom stereocenters. The molecule has 1 heterocycles. The highest BCUT2D eigenvalue weighted by Crippen LogP contribution is 2.18. The monoisotopic (exact) mass is 247 g/mol. The van der Waals surface area contributed by atoms with Crippen molar-refractivity contribution in [1.82, 2.24) is 4.90 Å². The zero-order valence-corrected chi connectivity index (χ0v) is 10.9. The summed E-state index contributed by atoms with van der Waals surface area (Å²) in [5, 5.41) is 2.95. The first kappa shape index (κ1) is 12.9. The van der Waals surface area contributed by atoms with E-state index in [1.807, 2.05) is 36.1 Å². The lowest BCUT2D eigenvalue weighted by molar-refractivity contribution is 0.166. The van der Waals surface area contributed by atoms with Gasteiger partial charge in [-0.05, 0) is 43.9 Å². The normalized spacial score (nSPS) is 19.7. The maximum absolute atomic E-state index is 12.2. The Morgan fingerprint density at radius 2 is 2.33 bits per heavy atom. The second-order valence-electron chi connectivity index (χ2n) is 4.88. The average molecular weight is 247 g/mol. The molecular formula is C14H21N3O. The van der Waals surface area contributed by atoms with E-state index in [1.165, 1.54) is 0 Å². The Morgan fingerprint density at radius 3 is 3.06 bits per heavy atom. The molecule has 4 heteroatoms. The highest BCUT2D eigenvalue weighted by atomic mass is 16.2. The third kappa shape index (κ3) is 3.01. The molecule has 1 saturated heterocycles. The van der Waals surface area contributed by atoms with Gasteiger partial charge in [0.1, 0.15) is 0 Å². The van der Waals surface area contributed by atoms with Crippen molar-refractivity contribution in [2.45, 2.75) is 32.2 Å². The van der Waals surface area contributed by atoms with Crippen LogP contribution in [0.2, 0.25) is 0 Å². The van der Waals surface area contributed by atoms with Gasteiger partial charge in [-0.2, -0.15) is 0 Å². The summed E-state index contributed by atoms with van der Waals surface area (Å²) in [6.45, 7) is 3.36. The SMILES string of the molecule is Cc1cccc(NC(=O)N2CCCCC2CN)c1. The Hall–Kier alpha value is -1.55. The molecule has 0 radical (unpaired) electrons. The lowest BCUT2D eigenvalue weighted by Gasteiger charge is -2.34. The lowest BCUT2D eigenvalue weighted by atomic mass is 10.0. The van der Waals surface area contributed by atoms with Gasteiger partial charge in [0, 0.05) is 24.8 Å². The van der Waals surface area contributed by atoms with Crippen LogP contribution in [0, 0.1) is 6.92 Å². The van der Waals surface area contributed by atoms with E-state index in [-0.39, 0.29) is 12.1 Å². The van der Waals surface area contributed by atoms with Crippen molar-refractivity contribution in [1.29, 1.82) is 0 Å². The van der Waals surface area contributed by atoms with Gasteiger partial charge in [-0.25, -0.2) is 4.79 Å². The number of likely N-dealkylation sites (tertiary alicyclic amines) is 1. The molecule has 98 valence electrons. The molecule has 1 aromatic carbocycles. The third-order valence-electron chi connectivity index (χ3n) is 3.43. The predicted molar refractivity (Wildman–Crippen MR) is 73.6 cm³/mol. The third-order valence-corrected chi connectivity index (χ3v) is 3.43. The average Bonchev–Trinajstić information content (AvgIpc) is 2.38. The summed E-state index contributed by atoms with van der Waals surface area (Å²) in [6.07, 6.45) is 3.24. The second-order valence-corrected chi connectivity index (χ2v) is 4.88. The predicted octanol–water partition coefficient (Wildman–Crippen LogP) is 2.34. The van der Waals surface area contributed by atoms with Gasteiger partial charge in [0.25, 0.3) is 0 Å². The van der Waals surface area contributed by atoms with E-state index < -0.39 is 0 Å². The quantitative estimate of drug-likeness (QED) is 0.842. The van der Waals surface area contributed by atoms with Gasteiger partial charge in [0.15, 0.2) is 0 Å². The van der Waals surface area contributed by atoms with Crippen molar-refractivity contribution in [3.63, 3.8) is 0 Å². The van der Waals surface area contributed by atoms with Crippen LogP contribution in [-0.4, -0.2) is 30.1 Å². The number of benzene rings is 1. The summed E-state index contributed by atoms with van der Waals surface area (Å²) in [6, 6.07) is 7.99. The Bertz CT molecular complexity index is 419. The molecular weight excluding hydrogens is 226 g/mol. The number of urea groups is 1. The molecule has 2 rings (SSSR count). The maximum atomic E-state index is 12.2. The minimum atomic E-state index is -0.0317.